The van der Waals surface area contributed by atoms with Crippen molar-refractivity contribution in [1.29, 1.82) is 0 Å². The first-order valence-electron chi connectivity index (χ1n) is 12.9. The van der Waals surface area contributed by atoms with Gasteiger partial charge in [0, 0.05) is 67.0 Å². The average Bonchev–Trinajstić information content (AvgIpc) is 3.72. The van der Waals surface area contributed by atoms with Crippen LogP contribution in [0.1, 0.15) is 6.04 Å². The molecule has 3 aliphatic rings. The lowest BCUT2D eigenvalue weighted by molar-refractivity contribution is -0.130. The number of carbonyl (C=O) groups excluding carboxylic acids is 1. The molecule has 2 aromatic heterocycles. The Morgan fingerprint density at radius 2 is 2.05 bits per heavy atom. The number of amides is 1. The number of nitrogens with two attached hydrogens (primary N) is 1. The maximum atomic E-state index is 14.7. The van der Waals surface area contributed by atoms with Crippen molar-refractivity contribution in [2.75, 3.05) is 62.8 Å². The zero-order valence-electron chi connectivity index (χ0n) is 21.4. The minimum Gasteiger partial charge on any atom is -0.383 e. The summed E-state index contributed by atoms with van der Waals surface area (Å²) < 4.78 is 22.2. The van der Waals surface area contributed by atoms with E-state index in [0.29, 0.717) is 76.2 Å². The smallest absolute Gasteiger partial charge is 0.350 e. The fraction of sp³-hybridized carbons (Fsp3) is 0.385. The Kier molecular flexibility index (Phi) is 6.39. The molecule has 208 valence electrons. The van der Waals surface area contributed by atoms with Crippen LogP contribution in [0.2, 0.25) is 5.02 Å². The van der Waals surface area contributed by atoms with Gasteiger partial charge in [0.25, 0.3) is 0 Å². The molecule has 3 aliphatic heterocycles. The summed E-state index contributed by atoms with van der Waals surface area (Å²) in [6.45, 7) is 3.25. The van der Waals surface area contributed by atoms with E-state index < -0.39 is 5.82 Å². The second-order valence-electron chi connectivity index (χ2n) is 10.1. The first kappa shape index (κ1) is 26.0. The fourth-order valence-corrected chi connectivity index (χ4v) is 8.09. The molecule has 0 radical (unpaired) electrons. The van der Waals surface area contributed by atoms with Crippen LogP contribution in [0.15, 0.2) is 27.9 Å². The highest BCUT2D eigenvalue weighted by atomic mass is 35.5. The van der Waals surface area contributed by atoms with E-state index >= 15 is 0 Å². The van der Waals surface area contributed by atoms with E-state index in [1.54, 1.807) is 29.5 Å². The van der Waals surface area contributed by atoms with E-state index in [0.717, 1.165) is 28.2 Å². The lowest BCUT2D eigenvalue weighted by atomic mass is 10.0. The molecule has 40 heavy (non-hydrogen) atoms. The number of halogens is 2. The van der Waals surface area contributed by atoms with E-state index in [4.69, 9.17) is 22.1 Å². The van der Waals surface area contributed by atoms with Crippen molar-refractivity contribution in [2.24, 2.45) is 0 Å². The molecule has 2 unspecified atom stereocenters. The Labute approximate surface area is 241 Å². The number of nitrogens with zero attached hydrogens (tertiary/aromatic N) is 5. The summed E-state index contributed by atoms with van der Waals surface area (Å²) in [6.07, 6.45) is 0. The van der Waals surface area contributed by atoms with Gasteiger partial charge in [-0.05, 0) is 18.2 Å². The van der Waals surface area contributed by atoms with Crippen LogP contribution < -0.4 is 21.6 Å². The molecule has 10 nitrogen and oxygen atoms in total. The number of benzene rings is 2. The minimum absolute atomic E-state index is 0.0761. The topological polar surface area (TPSA) is 129 Å². The highest BCUT2D eigenvalue weighted by Gasteiger charge is 2.36. The summed E-state index contributed by atoms with van der Waals surface area (Å²) in [5.41, 5.74) is 8.08. The number of aromatic nitrogens is 3. The first-order valence-corrected chi connectivity index (χ1v) is 15.1. The number of thiazole rings is 1. The van der Waals surface area contributed by atoms with Crippen LogP contribution in [-0.4, -0.2) is 83.6 Å². The molecule has 7 rings (SSSR count). The summed E-state index contributed by atoms with van der Waals surface area (Å²) in [5.74, 6) is 0.835. The molecule has 1 amide bonds. The number of piperazine rings is 1. The molecule has 14 heteroatoms. The highest BCUT2D eigenvalue weighted by Crippen LogP contribution is 2.49. The number of anilines is 2. The van der Waals surface area contributed by atoms with Gasteiger partial charge in [0.05, 0.1) is 39.4 Å². The molecule has 2 aromatic carbocycles. The van der Waals surface area contributed by atoms with Crippen LogP contribution >= 0.6 is 34.7 Å². The van der Waals surface area contributed by atoms with E-state index in [1.807, 2.05) is 15.9 Å². The van der Waals surface area contributed by atoms with Gasteiger partial charge in [-0.15, -0.1) is 11.8 Å². The van der Waals surface area contributed by atoms with Gasteiger partial charge in [-0.2, -0.15) is 4.98 Å². The van der Waals surface area contributed by atoms with Crippen LogP contribution in [0.5, 0.6) is 0 Å². The van der Waals surface area contributed by atoms with Crippen molar-refractivity contribution >= 4 is 72.7 Å². The number of hydrogen-bond acceptors (Lipinski definition) is 10. The number of nitrogens with one attached hydrogen (secondary N) is 1. The third kappa shape index (κ3) is 4.14. The molecule has 0 bridgehead atoms. The van der Waals surface area contributed by atoms with Crippen molar-refractivity contribution in [3.63, 3.8) is 0 Å². The maximum absolute atomic E-state index is 14.7. The third-order valence-electron chi connectivity index (χ3n) is 7.62. The molecule has 4 aromatic rings. The molecule has 0 spiro atoms. The number of nitrogen functional groups attached to an aromatic ring is 1. The number of carbonyl (C=O) groups is 1. The van der Waals surface area contributed by atoms with Crippen LogP contribution in [0, 0.1) is 5.82 Å². The molecule has 2 atom stereocenters. The Morgan fingerprint density at radius 3 is 2.77 bits per heavy atom. The largest absolute Gasteiger partial charge is 0.383 e. The van der Waals surface area contributed by atoms with Gasteiger partial charge in [0.1, 0.15) is 11.6 Å². The normalized spacial score (nSPS) is 20.5. The number of methoxy groups -OCH3 is 1. The van der Waals surface area contributed by atoms with Crippen molar-refractivity contribution in [1.82, 2.24) is 24.8 Å². The summed E-state index contributed by atoms with van der Waals surface area (Å²) in [7, 11) is 1.61. The van der Waals surface area contributed by atoms with Crippen molar-refractivity contribution in [3.8, 4) is 11.1 Å². The van der Waals surface area contributed by atoms with Gasteiger partial charge >= 0.3 is 5.69 Å². The summed E-state index contributed by atoms with van der Waals surface area (Å²) >= 11 is 9.69. The van der Waals surface area contributed by atoms with Gasteiger partial charge in [0.2, 0.25) is 5.91 Å². The van der Waals surface area contributed by atoms with Gasteiger partial charge in [0.15, 0.2) is 5.13 Å². The lowest BCUT2D eigenvalue weighted by Gasteiger charge is -2.37. The van der Waals surface area contributed by atoms with Crippen LogP contribution in [0.4, 0.5) is 15.3 Å². The van der Waals surface area contributed by atoms with Crippen molar-refractivity contribution in [3.05, 3.63) is 39.5 Å². The molecule has 2 saturated heterocycles. The molecular weight excluding hydrogens is 577 g/mol. The van der Waals surface area contributed by atoms with Gasteiger partial charge in [-0.3, -0.25) is 9.36 Å². The molecule has 5 heterocycles. The zero-order chi connectivity index (χ0) is 27.7. The predicted molar refractivity (Wildman–Crippen MR) is 156 cm³/mol. The quantitative estimate of drug-likeness (QED) is 0.332. The second-order valence-corrected chi connectivity index (χ2v) is 12.5. The number of ether oxygens (including phenoxy) is 1. The monoisotopic (exact) mass is 601 g/mol. The average molecular weight is 602 g/mol. The number of rotatable bonds is 5. The minimum atomic E-state index is -0.398. The molecule has 0 saturated carbocycles. The second kappa shape index (κ2) is 9.84. The maximum Gasteiger partial charge on any atom is 0.350 e. The van der Waals surface area contributed by atoms with Crippen LogP contribution in [0.25, 0.3) is 32.2 Å². The zero-order valence-corrected chi connectivity index (χ0v) is 23.8. The summed E-state index contributed by atoms with van der Waals surface area (Å²) in [4.78, 5) is 39.9. The van der Waals surface area contributed by atoms with E-state index in [-0.39, 0.29) is 28.8 Å². The lowest BCUT2D eigenvalue weighted by Crippen LogP contribution is -2.51. The van der Waals surface area contributed by atoms with Gasteiger partial charge in [-0.1, -0.05) is 22.9 Å². The van der Waals surface area contributed by atoms with Crippen LogP contribution in [0.3, 0.4) is 0 Å². The molecule has 2 fully saturated rings. The Hall–Kier alpha value is -2.97. The number of thioether (sulfide) groups is 1. The SMILES string of the molecule is COCC1CSc2c(-c3ccc(F)c4sc(N)nc34)c(Cl)cc3c(N4CCN(C(=O)C5CN5)CC4)nc(=O)n1c23. The Morgan fingerprint density at radius 1 is 1.27 bits per heavy atom. The summed E-state index contributed by atoms with van der Waals surface area (Å²) in [6, 6.07) is 4.59. The fourth-order valence-electron chi connectivity index (χ4n) is 5.65. The van der Waals surface area contributed by atoms with E-state index in [2.05, 4.69) is 15.3 Å². The van der Waals surface area contributed by atoms with E-state index in [1.165, 1.54) is 6.07 Å². The van der Waals surface area contributed by atoms with Gasteiger partial charge < -0.3 is 25.6 Å². The van der Waals surface area contributed by atoms with Crippen molar-refractivity contribution in [2.45, 2.75) is 17.0 Å². The standard InChI is InChI=1S/C26H25ClFN7O3S2/c1-38-10-12-11-39-22-18(13-2-3-16(28)21-19(13)31-25(29)40-21)15(27)8-14-20(22)35(12)26(37)32-23(14)33-4-6-34(7-5-33)24(36)17-9-30-17/h2-3,8,12,17,30H,4-7,9-11H2,1H3,(H2,29,31). The van der Waals surface area contributed by atoms with Crippen molar-refractivity contribution < 1.29 is 13.9 Å². The Bertz CT molecular complexity index is 1750. The summed E-state index contributed by atoms with van der Waals surface area (Å²) in [5, 5.41) is 4.52. The predicted octanol–water partition coefficient (Wildman–Crippen LogP) is 2.96. The third-order valence-corrected chi connectivity index (χ3v) is 10.0. The Balaban J connectivity index is 1.41. The molecule has 3 N–H and O–H groups in total. The number of hydrogen-bond donors (Lipinski definition) is 2. The highest BCUT2D eigenvalue weighted by molar-refractivity contribution is 7.99. The molecule has 0 aliphatic carbocycles. The first-order chi connectivity index (χ1) is 19.4. The molecular formula is C26H25ClFN7O3S2. The van der Waals surface area contributed by atoms with Crippen LogP contribution in [-0.2, 0) is 9.53 Å². The van der Waals surface area contributed by atoms with Gasteiger partial charge in [-0.25, -0.2) is 14.2 Å². The number of fused-ring (bicyclic) bond motifs is 1. The van der Waals surface area contributed by atoms with E-state index in [9.17, 15) is 14.0 Å².